The minimum absolute atomic E-state index is 0.0535. The van der Waals surface area contributed by atoms with Crippen molar-refractivity contribution in [2.45, 2.75) is 26.1 Å². The van der Waals surface area contributed by atoms with Gasteiger partial charge in [-0.15, -0.1) is 0 Å². The molecule has 3 heterocycles. The minimum atomic E-state index is -0.521. The van der Waals surface area contributed by atoms with Gasteiger partial charge in [-0.3, -0.25) is 15.0 Å². The molecule has 3 N–H and O–H groups in total. The number of nitrogen functional groups attached to an aromatic ring is 1. The van der Waals surface area contributed by atoms with Gasteiger partial charge in [0, 0.05) is 39.3 Å². The zero-order valence-electron chi connectivity index (χ0n) is 15.8. The van der Waals surface area contributed by atoms with Crippen molar-refractivity contribution in [3.8, 4) is 0 Å². The Kier molecular flexibility index (Phi) is 6.24. The molecule has 1 aromatic heterocycles. The lowest BCUT2D eigenvalue weighted by molar-refractivity contribution is -0.383. The molecule has 0 saturated carbocycles. The van der Waals surface area contributed by atoms with Crippen LogP contribution < -0.4 is 16.0 Å². The van der Waals surface area contributed by atoms with Gasteiger partial charge in [0.25, 0.3) is 0 Å². The van der Waals surface area contributed by atoms with Gasteiger partial charge in [0.2, 0.25) is 17.6 Å². The van der Waals surface area contributed by atoms with Crippen LogP contribution in [0.25, 0.3) is 0 Å². The molecule has 27 heavy (non-hydrogen) atoms. The summed E-state index contributed by atoms with van der Waals surface area (Å²) in [5.41, 5.74) is 5.64. The topological polar surface area (TPSA) is 132 Å². The number of hydrogen-bond donors (Lipinski definition) is 2. The van der Waals surface area contributed by atoms with E-state index in [1.165, 1.54) is 0 Å². The van der Waals surface area contributed by atoms with Gasteiger partial charge in [-0.25, -0.2) is 0 Å². The first-order valence-corrected chi connectivity index (χ1v) is 9.20. The van der Waals surface area contributed by atoms with Gasteiger partial charge in [0.05, 0.1) is 30.3 Å². The van der Waals surface area contributed by atoms with Crippen LogP contribution in [0, 0.1) is 10.1 Å². The Bertz CT molecular complexity index is 658. The molecule has 2 aliphatic heterocycles. The van der Waals surface area contributed by atoms with Crippen molar-refractivity contribution < 1.29 is 14.4 Å². The van der Waals surface area contributed by atoms with Crippen molar-refractivity contribution in [1.29, 1.82) is 0 Å². The van der Waals surface area contributed by atoms with E-state index in [1.54, 1.807) is 0 Å². The van der Waals surface area contributed by atoms with Crippen LogP contribution in [0.4, 0.5) is 23.3 Å². The number of nitrogens with zero attached hydrogens (tertiary/aromatic N) is 5. The van der Waals surface area contributed by atoms with Crippen LogP contribution in [0.1, 0.15) is 13.8 Å². The van der Waals surface area contributed by atoms with E-state index < -0.39 is 4.92 Å². The lowest BCUT2D eigenvalue weighted by Gasteiger charge is -2.35. The number of hydrogen-bond acceptors (Lipinski definition) is 10. The van der Waals surface area contributed by atoms with E-state index in [0.717, 1.165) is 32.8 Å². The maximum absolute atomic E-state index is 11.5. The number of morpholine rings is 2. The van der Waals surface area contributed by atoms with Crippen LogP contribution in [0.2, 0.25) is 0 Å². The average molecular weight is 381 g/mol. The van der Waals surface area contributed by atoms with Crippen molar-refractivity contribution >= 4 is 23.3 Å². The van der Waals surface area contributed by atoms with Crippen molar-refractivity contribution in [2.24, 2.45) is 0 Å². The lowest BCUT2D eigenvalue weighted by atomic mass is 10.2. The molecule has 0 aromatic carbocycles. The SMILES string of the molecule is C[C@@H]1CN(c2nc(NCCN3CCOCC3)nc(N)c2[N+](=O)[O-])C[C@@H](C)O1. The highest BCUT2D eigenvalue weighted by Gasteiger charge is 2.32. The molecule has 0 amide bonds. The summed E-state index contributed by atoms with van der Waals surface area (Å²) in [5.74, 6) is 0.405. The smallest absolute Gasteiger partial charge is 0.353 e. The zero-order chi connectivity index (χ0) is 19.4. The largest absolute Gasteiger partial charge is 0.379 e. The molecule has 2 atom stereocenters. The molecule has 2 saturated heterocycles. The first kappa shape index (κ1) is 19.5. The Labute approximate surface area is 158 Å². The maximum Gasteiger partial charge on any atom is 0.353 e. The summed E-state index contributed by atoms with van der Waals surface area (Å²) in [6, 6.07) is 0. The molecule has 0 bridgehead atoms. The number of ether oxygens (including phenoxy) is 2. The number of nitrogens with two attached hydrogens (primary N) is 1. The predicted molar refractivity (Wildman–Crippen MR) is 101 cm³/mol. The van der Waals surface area contributed by atoms with Crippen molar-refractivity contribution in [3.63, 3.8) is 0 Å². The summed E-state index contributed by atoms with van der Waals surface area (Å²) in [7, 11) is 0. The number of anilines is 3. The third kappa shape index (κ3) is 4.93. The molecule has 2 aliphatic rings. The van der Waals surface area contributed by atoms with Gasteiger partial charge in [-0.05, 0) is 13.8 Å². The Hall–Kier alpha value is -2.24. The summed E-state index contributed by atoms with van der Waals surface area (Å²) in [6.45, 7) is 9.55. The van der Waals surface area contributed by atoms with E-state index in [2.05, 4.69) is 20.2 Å². The second-order valence-corrected chi connectivity index (χ2v) is 6.90. The number of rotatable bonds is 6. The molecule has 0 aliphatic carbocycles. The van der Waals surface area contributed by atoms with Crippen molar-refractivity contribution in [2.75, 3.05) is 68.4 Å². The second kappa shape index (κ2) is 8.63. The fourth-order valence-electron chi connectivity index (χ4n) is 3.44. The zero-order valence-corrected chi connectivity index (χ0v) is 15.8. The third-order valence-corrected chi connectivity index (χ3v) is 4.61. The van der Waals surface area contributed by atoms with Crippen molar-refractivity contribution in [1.82, 2.24) is 14.9 Å². The Morgan fingerprint density at radius 3 is 2.56 bits per heavy atom. The molecule has 0 radical (unpaired) electrons. The Morgan fingerprint density at radius 2 is 1.93 bits per heavy atom. The van der Waals surface area contributed by atoms with E-state index in [4.69, 9.17) is 15.2 Å². The number of nitro groups is 1. The molecule has 0 unspecified atom stereocenters. The van der Waals surface area contributed by atoms with E-state index in [0.29, 0.717) is 25.6 Å². The van der Waals surface area contributed by atoms with Crippen LogP contribution in [0.5, 0.6) is 0 Å². The molecule has 150 valence electrons. The molecule has 2 fully saturated rings. The highest BCUT2D eigenvalue weighted by molar-refractivity contribution is 5.71. The standard InChI is InChI=1S/C16H27N7O4/c1-11-9-22(10-12(2)27-11)15-13(23(24)25)14(17)19-16(20-15)18-3-4-21-5-7-26-8-6-21/h11-12H,3-10H2,1-2H3,(H3,17,18,19,20)/t11-,12-/m1/s1. The van der Waals surface area contributed by atoms with Gasteiger partial charge < -0.3 is 25.4 Å². The molecule has 1 aromatic rings. The van der Waals surface area contributed by atoms with Crippen LogP contribution in [0.15, 0.2) is 0 Å². The molecule has 11 nitrogen and oxygen atoms in total. The summed E-state index contributed by atoms with van der Waals surface area (Å²) in [5, 5.41) is 14.7. The maximum atomic E-state index is 11.5. The molecule has 3 rings (SSSR count). The van der Waals surface area contributed by atoms with Gasteiger partial charge in [-0.2, -0.15) is 9.97 Å². The number of nitrogens with one attached hydrogen (secondary N) is 1. The molecule has 11 heteroatoms. The quantitative estimate of drug-likeness (QED) is 0.524. The Balaban J connectivity index is 1.75. The van der Waals surface area contributed by atoms with Gasteiger partial charge in [0.1, 0.15) is 0 Å². The van der Waals surface area contributed by atoms with Crippen molar-refractivity contribution in [3.05, 3.63) is 10.1 Å². The van der Waals surface area contributed by atoms with Gasteiger partial charge >= 0.3 is 5.69 Å². The highest BCUT2D eigenvalue weighted by Crippen LogP contribution is 2.33. The van der Waals surface area contributed by atoms with E-state index in [-0.39, 0.29) is 29.5 Å². The number of aromatic nitrogens is 2. The summed E-state index contributed by atoms with van der Waals surface area (Å²) >= 11 is 0. The Morgan fingerprint density at radius 1 is 1.26 bits per heavy atom. The first-order chi connectivity index (χ1) is 12.9. The normalized spacial score (nSPS) is 24.0. The van der Waals surface area contributed by atoms with E-state index in [1.807, 2.05) is 18.7 Å². The van der Waals surface area contributed by atoms with Crippen LogP contribution in [-0.4, -0.2) is 84.5 Å². The van der Waals surface area contributed by atoms with Gasteiger partial charge in [-0.1, -0.05) is 0 Å². The summed E-state index contributed by atoms with van der Waals surface area (Å²) in [4.78, 5) is 23.6. The average Bonchev–Trinajstić information content (AvgIpc) is 2.61. The highest BCUT2D eigenvalue weighted by atomic mass is 16.6. The van der Waals surface area contributed by atoms with Crippen LogP contribution in [-0.2, 0) is 9.47 Å². The molecule has 0 spiro atoms. The van der Waals surface area contributed by atoms with E-state index in [9.17, 15) is 10.1 Å². The third-order valence-electron chi connectivity index (χ3n) is 4.61. The second-order valence-electron chi connectivity index (χ2n) is 6.90. The van der Waals surface area contributed by atoms with Crippen LogP contribution in [0.3, 0.4) is 0 Å². The lowest BCUT2D eigenvalue weighted by Crippen LogP contribution is -2.46. The monoisotopic (exact) mass is 381 g/mol. The first-order valence-electron chi connectivity index (χ1n) is 9.20. The minimum Gasteiger partial charge on any atom is -0.379 e. The predicted octanol–water partition coefficient (Wildman–Crippen LogP) is 0.325. The summed E-state index contributed by atoms with van der Waals surface area (Å²) < 4.78 is 11.0. The summed E-state index contributed by atoms with van der Waals surface area (Å²) in [6.07, 6.45) is -0.107. The van der Waals surface area contributed by atoms with E-state index >= 15 is 0 Å². The fraction of sp³-hybridized carbons (Fsp3) is 0.750. The van der Waals surface area contributed by atoms with Crippen LogP contribution >= 0.6 is 0 Å². The fourth-order valence-corrected chi connectivity index (χ4v) is 3.44. The molecular weight excluding hydrogens is 354 g/mol. The molecular formula is C16H27N7O4. The van der Waals surface area contributed by atoms with Gasteiger partial charge in [0.15, 0.2) is 0 Å².